The lowest BCUT2D eigenvalue weighted by Crippen LogP contribution is -2.04. The summed E-state index contributed by atoms with van der Waals surface area (Å²) in [5.74, 6) is 1.80. The molecule has 1 aromatic carbocycles. The Morgan fingerprint density at radius 2 is 1.81 bits per heavy atom. The second-order valence-corrected chi connectivity index (χ2v) is 9.55. The van der Waals surface area contributed by atoms with Gasteiger partial charge in [0, 0.05) is 36.0 Å². The second-order valence-electron chi connectivity index (χ2n) is 9.55. The van der Waals surface area contributed by atoms with Crippen LogP contribution in [0, 0.1) is 5.92 Å². The van der Waals surface area contributed by atoms with E-state index in [1.54, 1.807) is 13.3 Å². The van der Waals surface area contributed by atoms with Gasteiger partial charge in [0.05, 0.1) is 12.6 Å². The molecule has 2 aliphatic rings. The Morgan fingerprint density at radius 1 is 1.11 bits per heavy atom. The molecule has 0 atom stereocenters. The molecule has 0 radical (unpaired) electrons. The van der Waals surface area contributed by atoms with E-state index in [2.05, 4.69) is 74.0 Å². The highest BCUT2D eigenvalue weighted by Crippen LogP contribution is 2.38. The van der Waals surface area contributed by atoms with Gasteiger partial charge >= 0.3 is 0 Å². The number of methoxy groups -OCH3 is 1. The molecule has 37 heavy (non-hydrogen) atoms. The maximum atomic E-state index is 7.00. The molecule has 1 saturated carbocycles. The molecule has 0 amide bonds. The van der Waals surface area contributed by atoms with E-state index in [1.165, 1.54) is 36.0 Å². The summed E-state index contributed by atoms with van der Waals surface area (Å²) in [6, 6.07) is 10.8. The van der Waals surface area contributed by atoms with Crippen molar-refractivity contribution in [2.75, 3.05) is 14.2 Å². The van der Waals surface area contributed by atoms with Crippen LogP contribution >= 0.6 is 0 Å². The number of fused-ring (bicyclic) bond motifs is 1. The van der Waals surface area contributed by atoms with Gasteiger partial charge in [0.1, 0.15) is 5.69 Å². The van der Waals surface area contributed by atoms with Gasteiger partial charge in [-0.2, -0.15) is 0 Å². The van der Waals surface area contributed by atoms with Crippen molar-refractivity contribution < 1.29 is 9.84 Å². The van der Waals surface area contributed by atoms with Crippen LogP contribution < -0.4 is 4.74 Å². The van der Waals surface area contributed by atoms with E-state index < -0.39 is 0 Å². The Morgan fingerprint density at radius 3 is 2.38 bits per heavy atom. The summed E-state index contributed by atoms with van der Waals surface area (Å²) in [7, 11) is 2.69. The molecule has 2 aromatic heterocycles. The molecular formula is C33H40N2O2. The van der Waals surface area contributed by atoms with Crippen LogP contribution in [0.25, 0.3) is 27.6 Å². The molecule has 0 aliphatic heterocycles. The number of pyridine rings is 2. The van der Waals surface area contributed by atoms with Crippen LogP contribution in [0.1, 0.15) is 68.8 Å². The quantitative estimate of drug-likeness (QED) is 0.388. The normalized spacial score (nSPS) is 14.6. The second kappa shape index (κ2) is 13.7. The molecule has 0 spiro atoms. The van der Waals surface area contributed by atoms with Gasteiger partial charge in [-0.3, -0.25) is 4.98 Å². The molecule has 0 bridgehead atoms. The maximum Gasteiger partial charge on any atom is 0.153 e. The van der Waals surface area contributed by atoms with E-state index in [-0.39, 0.29) is 0 Å². The van der Waals surface area contributed by atoms with E-state index >= 15 is 0 Å². The van der Waals surface area contributed by atoms with Crippen molar-refractivity contribution in [2.24, 2.45) is 5.92 Å². The first-order chi connectivity index (χ1) is 18.0. The van der Waals surface area contributed by atoms with Crippen LogP contribution in [0.15, 0.2) is 73.6 Å². The SMILES string of the molecule is C=C(C)c1c(OC)c(C2=CC=C(c3ccc(CC)cc3)CC=C2)nc2ccncc12.CC1CCC1.CO. The Bertz CT molecular complexity index is 1300. The number of allylic oxidation sites excluding steroid dienone is 7. The molecule has 4 heteroatoms. The number of hydrogen-bond donors (Lipinski definition) is 1. The molecule has 2 aliphatic carbocycles. The number of hydrogen-bond acceptors (Lipinski definition) is 4. The number of ether oxygens (including phenoxy) is 1. The zero-order valence-electron chi connectivity index (χ0n) is 22.9. The van der Waals surface area contributed by atoms with Crippen molar-refractivity contribution in [2.45, 2.75) is 52.9 Å². The van der Waals surface area contributed by atoms with Gasteiger partial charge in [0.15, 0.2) is 5.75 Å². The summed E-state index contributed by atoms with van der Waals surface area (Å²) in [4.78, 5) is 9.19. The van der Waals surface area contributed by atoms with Crippen molar-refractivity contribution in [1.29, 1.82) is 0 Å². The van der Waals surface area contributed by atoms with Crippen molar-refractivity contribution in [3.8, 4) is 5.75 Å². The zero-order chi connectivity index (χ0) is 26.8. The zero-order valence-corrected chi connectivity index (χ0v) is 22.9. The third-order valence-electron chi connectivity index (χ3n) is 6.87. The van der Waals surface area contributed by atoms with E-state index in [1.807, 2.05) is 19.2 Å². The number of aryl methyl sites for hydroxylation is 1. The summed E-state index contributed by atoms with van der Waals surface area (Å²) >= 11 is 0. The standard InChI is InChI=1S/C27H26N2O.C5H10.CH4O/c1-5-19-9-11-21(12-10-19)20-7-6-8-22(14-13-20)26-27(30-4)25(18(2)3)23-17-28-16-15-24(23)29-26;1-5-3-2-4-5;1-2/h6,8-17H,2,5,7H2,1,3-4H3;5H,2-4H2,1H3;2H,1H3. The predicted molar refractivity (Wildman–Crippen MR) is 157 cm³/mol. The Balaban J connectivity index is 0.000000478. The van der Waals surface area contributed by atoms with Crippen LogP contribution in [-0.2, 0) is 6.42 Å². The minimum Gasteiger partial charge on any atom is -0.494 e. The fourth-order valence-corrected chi connectivity index (χ4v) is 4.47. The molecule has 3 aromatic rings. The number of benzene rings is 1. The monoisotopic (exact) mass is 496 g/mol. The van der Waals surface area contributed by atoms with E-state index in [4.69, 9.17) is 14.8 Å². The Hall–Kier alpha value is -3.50. The predicted octanol–water partition coefficient (Wildman–Crippen LogP) is 8.08. The highest BCUT2D eigenvalue weighted by Gasteiger charge is 2.19. The summed E-state index contributed by atoms with van der Waals surface area (Å²) in [5, 5.41) is 7.95. The Labute approximate surface area is 222 Å². The van der Waals surface area contributed by atoms with Crippen molar-refractivity contribution in [1.82, 2.24) is 9.97 Å². The number of rotatable bonds is 5. The van der Waals surface area contributed by atoms with Gasteiger partial charge in [-0.1, -0.05) is 88.3 Å². The van der Waals surface area contributed by atoms with Crippen LogP contribution in [0.4, 0.5) is 0 Å². The van der Waals surface area contributed by atoms with Crippen molar-refractivity contribution in [3.05, 3.63) is 96.0 Å². The lowest BCUT2D eigenvalue weighted by molar-refractivity contribution is 0.346. The first-order valence-electron chi connectivity index (χ1n) is 13.1. The first-order valence-corrected chi connectivity index (χ1v) is 13.1. The van der Waals surface area contributed by atoms with Gasteiger partial charge in [-0.15, -0.1) is 0 Å². The number of aliphatic hydroxyl groups excluding tert-OH is 1. The van der Waals surface area contributed by atoms with Gasteiger partial charge in [-0.05, 0) is 54.0 Å². The number of aromatic nitrogens is 2. The smallest absolute Gasteiger partial charge is 0.153 e. The highest BCUT2D eigenvalue weighted by atomic mass is 16.5. The maximum absolute atomic E-state index is 7.00. The van der Waals surface area contributed by atoms with Gasteiger partial charge in [0.25, 0.3) is 0 Å². The van der Waals surface area contributed by atoms with Crippen molar-refractivity contribution in [3.63, 3.8) is 0 Å². The van der Waals surface area contributed by atoms with E-state index in [9.17, 15) is 0 Å². The molecule has 0 saturated heterocycles. The van der Waals surface area contributed by atoms with E-state index in [0.717, 1.165) is 64.9 Å². The summed E-state index contributed by atoms with van der Waals surface area (Å²) in [6.07, 6.45) is 18.6. The Kier molecular flexibility index (Phi) is 10.4. The molecule has 0 unspecified atom stereocenters. The minimum atomic E-state index is 0.739. The van der Waals surface area contributed by atoms with E-state index in [0.29, 0.717) is 0 Å². The molecule has 4 nitrogen and oxygen atoms in total. The van der Waals surface area contributed by atoms with Crippen LogP contribution in [-0.4, -0.2) is 29.3 Å². The molecule has 194 valence electrons. The third kappa shape index (κ3) is 6.84. The number of nitrogens with zero attached hydrogens (tertiary/aromatic N) is 2. The average Bonchev–Trinajstić information content (AvgIpc) is 3.18. The molecular weight excluding hydrogens is 456 g/mol. The molecule has 1 N–H and O–H groups in total. The van der Waals surface area contributed by atoms with Crippen LogP contribution in [0.3, 0.4) is 0 Å². The fourth-order valence-electron chi connectivity index (χ4n) is 4.47. The molecule has 2 heterocycles. The fraction of sp³-hybridized carbons (Fsp3) is 0.333. The highest BCUT2D eigenvalue weighted by molar-refractivity contribution is 5.97. The topological polar surface area (TPSA) is 55.2 Å². The van der Waals surface area contributed by atoms with Crippen LogP contribution in [0.5, 0.6) is 5.75 Å². The molecule has 1 fully saturated rings. The van der Waals surface area contributed by atoms with Crippen LogP contribution in [0.2, 0.25) is 0 Å². The average molecular weight is 497 g/mol. The summed E-state index contributed by atoms with van der Waals surface area (Å²) < 4.78 is 5.83. The summed E-state index contributed by atoms with van der Waals surface area (Å²) in [5.41, 5.74) is 8.51. The first kappa shape index (κ1) is 28.1. The van der Waals surface area contributed by atoms with Gasteiger partial charge < -0.3 is 9.84 Å². The largest absolute Gasteiger partial charge is 0.494 e. The number of aliphatic hydroxyl groups is 1. The van der Waals surface area contributed by atoms with Gasteiger partial charge in [0.2, 0.25) is 0 Å². The lowest BCUT2D eigenvalue weighted by atomic mass is 9.88. The minimum absolute atomic E-state index is 0.739. The summed E-state index contributed by atoms with van der Waals surface area (Å²) in [6.45, 7) is 10.6. The van der Waals surface area contributed by atoms with Gasteiger partial charge in [-0.25, -0.2) is 4.98 Å². The molecule has 5 rings (SSSR count). The van der Waals surface area contributed by atoms with Crippen molar-refractivity contribution >= 4 is 27.6 Å². The third-order valence-corrected chi connectivity index (χ3v) is 6.87. The lowest BCUT2D eigenvalue weighted by Gasteiger charge is -2.18.